The van der Waals surface area contributed by atoms with Crippen LogP contribution in [0.15, 0.2) is 0 Å². The van der Waals surface area contributed by atoms with Gasteiger partial charge in [-0.1, -0.05) is 41.0 Å². The molecule has 0 saturated heterocycles. The molecule has 0 bridgehead atoms. The van der Waals surface area contributed by atoms with Crippen LogP contribution in [0, 0.1) is 11.3 Å². The van der Waals surface area contributed by atoms with Gasteiger partial charge < -0.3 is 5.11 Å². The van der Waals surface area contributed by atoms with Crippen molar-refractivity contribution in [2.45, 2.75) is 72.8 Å². The Hall–Kier alpha value is -0.0400. The minimum absolute atomic E-state index is 0.397. The second kappa shape index (κ2) is 5.16. The largest absolute Gasteiger partial charge is 0.390 e. The van der Waals surface area contributed by atoms with E-state index in [0.29, 0.717) is 11.3 Å². The molecule has 14 heavy (non-hydrogen) atoms. The molecule has 86 valence electrons. The molecule has 0 aromatic carbocycles. The summed E-state index contributed by atoms with van der Waals surface area (Å²) in [5, 5.41) is 10.1. The standard InChI is InChI=1S/C13H28O/c1-11(2)10-13(6,14)9-7-8-12(3,4)5/h11,14H,7-10H2,1-6H3. The van der Waals surface area contributed by atoms with Crippen molar-refractivity contribution < 1.29 is 5.11 Å². The van der Waals surface area contributed by atoms with E-state index in [1.807, 2.05) is 6.92 Å². The third-order valence-electron chi connectivity index (χ3n) is 2.49. The predicted molar refractivity (Wildman–Crippen MR) is 63.4 cm³/mol. The molecule has 0 aliphatic rings. The van der Waals surface area contributed by atoms with Crippen molar-refractivity contribution >= 4 is 0 Å². The Morgan fingerprint density at radius 3 is 1.86 bits per heavy atom. The highest BCUT2D eigenvalue weighted by Crippen LogP contribution is 2.27. The lowest BCUT2D eigenvalue weighted by molar-refractivity contribution is 0.0255. The molecule has 1 unspecified atom stereocenters. The Labute approximate surface area is 89.9 Å². The fourth-order valence-electron chi connectivity index (χ4n) is 1.98. The second-order valence-electron chi connectivity index (χ2n) is 6.51. The quantitative estimate of drug-likeness (QED) is 0.711. The van der Waals surface area contributed by atoms with E-state index in [1.54, 1.807) is 0 Å². The molecule has 1 nitrogen and oxygen atoms in total. The molecular formula is C13H28O. The van der Waals surface area contributed by atoms with Gasteiger partial charge in [-0.05, 0) is 37.5 Å². The predicted octanol–water partition coefficient (Wildman–Crippen LogP) is 4.00. The summed E-state index contributed by atoms with van der Waals surface area (Å²) in [6, 6.07) is 0. The Bertz CT molecular complexity index is 151. The highest BCUT2D eigenvalue weighted by Gasteiger charge is 2.22. The average Bonchev–Trinajstić information content (AvgIpc) is 1.78. The molecule has 0 radical (unpaired) electrons. The summed E-state index contributed by atoms with van der Waals surface area (Å²) in [6.07, 6.45) is 4.17. The summed E-state index contributed by atoms with van der Waals surface area (Å²) in [7, 11) is 0. The first-order valence-corrected chi connectivity index (χ1v) is 5.85. The molecule has 1 atom stereocenters. The number of aliphatic hydroxyl groups is 1. The van der Waals surface area contributed by atoms with Gasteiger partial charge in [-0.3, -0.25) is 0 Å². The van der Waals surface area contributed by atoms with Crippen LogP contribution in [0.4, 0.5) is 0 Å². The molecule has 0 aromatic rings. The zero-order valence-electron chi connectivity index (χ0n) is 10.9. The highest BCUT2D eigenvalue weighted by molar-refractivity contribution is 4.75. The molecule has 0 spiro atoms. The van der Waals surface area contributed by atoms with E-state index in [1.165, 1.54) is 6.42 Å². The molecule has 0 rings (SSSR count). The van der Waals surface area contributed by atoms with Gasteiger partial charge in [-0.25, -0.2) is 0 Å². The van der Waals surface area contributed by atoms with Crippen LogP contribution in [0.2, 0.25) is 0 Å². The topological polar surface area (TPSA) is 20.2 Å². The molecule has 1 N–H and O–H groups in total. The molecule has 0 aliphatic carbocycles. The Kier molecular flexibility index (Phi) is 5.14. The van der Waals surface area contributed by atoms with E-state index in [0.717, 1.165) is 19.3 Å². The summed E-state index contributed by atoms with van der Waals surface area (Å²) >= 11 is 0. The van der Waals surface area contributed by atoms with Gasteiger partial charge in [-0.2, -0.15) is 0 Å². The van der Waals surface area contributed by atoms with E-state index >= 15 is 0 Å². The van der Waals surface area contributed by atoms with Gasteiger partial charge in [0.05, 0.1) is 5.60 Å². The molecule has 0 heterocycles. The second-order valence-corrected chi connectivity index (χ2v) is 6.51. The van der Waals surface area contributed by atoms with Crippen molar-refractivity contribution in [1.82, 2.24) is 0 Å². The number of hydrogen-bond donors (Lipinski definition) is 1. The van der Waals surface area contributed by atoms with Crippen LogP contribution < -0.4 is 0 Å². The number of hydrogen-bond acceptors (Lipinski definition) is 1. The molecular weight excluding hydrogens is 172 g/mol. The van der Waals surface area contributed by atoms with E-state index in [2.05, 4.69) is 34.6 Å². The zero-order valence-corrected chi connectivity index (χ0v) is 10.9. The van der Waals surface area contributed by atoms with Gasteiger partial charge >= 0.3 is 0 Å². The smallest absolute Gasteiger partial charge is 0.0622 e. The fourth-order valence-corrected chi connectivity index (χ4v) is 1.98. The van der Waals surface area contributed by atoms with Gasteiger partial charge in [0.1, 0.15) is 0 Å². The van der Waals surface area contributed by atoms with Gasteiger partial charge in [-0.15, -0.1) is 0 Å². The van der Waals surface area contributed by atoms with Crippen molar-refractivity contribution in [3.63, 3.8) is 0 Å². The Balaban J connectivity index is 3.76. The molecule has 1 heteroatoms. The van der Waals surface area contributed by atoms with Gasteiger partial charge in [0.2, 0.25) is 0 Å². The van der Waals surface area contributed by atoms with Crippen LogP contribution in [-0.2, 0) is 0 Å². The maximum Gasteiger partial charge on any atom is 0.0622 e. The van der Waals surface area contributed by atoms with Crippen molar-refractivity contribution in [2.75, 3.05) is 0 Å². The highest BCUT2D eigenvalue weighted by atomic mass is 16.3. The van der Waals surface area contributed by atoms with Crippen LogP contribution in [0.25, 0.3) is 0 Å². The Morgan fingerprint density at radius 1 is 1.00 bits per heavy atom. The van der Waals surface area contributed by atoms with Crippen LogP contribution in [0.5, 0.6) is 0 Å². The summed E-state index contributed by atoms with van der Waals surface area (Å²) in [6.45, 7) is 13.1. The first-order chi connectivity index (χ1) is 6.12. The fraction of sp³-hybridized carbons (Fsp3) is 1.00. The molecule has 0 amide bonds. The maximum absolute atomic E-state index is 10.1. The SMILES string of the molecule is CC(C)CC(C)(O)CCCC(C)(C)C. The van der Waals surface area contributed by atoms with Crippen LogP contribution in [0.3, 0.4) is 0 Å². The molecule has 0 aliphatic heterocycles. The molecule has 0 aromatic heterocycles. The third-order valence-corrected chi connectivity index (χ3v) is 2.49. The third kappa shape index (κ3) is 8.55. The van der Waals surface area contributed by atoms with E-state index in [4.69, 9.17) is 0 Å². The minimum atomic E-state index is -0.459. The normalized spacial score (nSPS) is 17.1. The molecule has 0 saturated carbocycles. The van der Waals surface area contributed by atoms with Crippen LogP contribution in [0.1, 0.15) is 67.2 Å². The first-order valence-electron chi connectivity index (χ1n) is 5.85. The van der Waals surface area contributed by atoms with E-state index in [9.17, 15) is 5.11 Å². The van der Waals surface area contributed by atoms with Crippen LogP contribution >= 0.6 is 0 Å². The lowest BCUT2D eigenvalue weighted by atomic mass is 9.84. The van der Waals surface area contributed by atoms with Crippen molar-refractivity contribution in [2.24, 2.45) is 11.3 Å². The Morgan fingerprint density at radius 2 is 1.50 bits per heavy atom. The van der Waals surface area contributed by atoms with Gasteiger partial charge in [0.15, 0.2) is 0 Å². The summed E-state index contributed by atoms with van der Waals surface area (Å²) in [5.74, 6) is 0.583. The lowest BCUT2D eigenvalue weighted by Gasteiger charge is -2.27. The van der Waals surface area contributed by atoms with Crippen molar-refractivity contribution in [1.29, 1.82) is 0 Å². The molecule has 0 fully saturated rings. The zero-order chi connectivity index (χ0) is 11.4. The van der Waals surface area contributed by atoms with Crippen molar-refractivity contribution in [3.8, 4) is 0 Å². The van der Waals surface area contributed by atoms with Crippen molar-refractivity contribution in [3.05, 3.63) is 0 Å². The van der Waals surface area contributed by atoms with E-state index in [-0.39, 0.29) is 0 Å². The monoisotopic (exact) mass is 200 g/mol. The summed E-state index contributed by atoms with van der Waals surface area (Å²) in [5.41, 5.74) is -0.0622. The van der Waals surface area contributed by atoms with Gasteiger partial charge in [0, 0.05) is 0 Å². The summed E-state index contributed by atoms with van der Waals surface area (Å²) in [4.78, 5) is 0. The average molecular weight is 200 g/mol. The first kappa shape index (κ1) is 14.0. The minimum Gasteiger partial charge on any atom is -0.390 e. The van der Waals surface area contributed by atoms with Crippen LogP contribution in [-0.4, -0.2) is 10.7 Å². The van der Waals surface area contributed by atoms with E-state index < -0.39 is 5.60 Å². The summed E-state index contributed by atoms with van der Waals surface area (Å²) < 4.78 is 0. The lowest BCUT2D eigenvalue weighted by Crippen LogP contribution is -2.26. The van der Waals surface area contributed by atoms with Gasteiger partial charge in [0.25, 0.3) is 0 Å². The maximum atomic E-state index is 10.1. The number of rotatable bonds is 5.